The van der Waals surface area contributed by atoms with Crippen molar-refractivity contribution in [3.63, 3.8) is 0 Å². The molecule has 41 heavy (non-hydrogen) atoms. The molecule has 6 unspecified atom stereocenters. The molecule has 11 heteroatoms. The molecule has 0 bridgehead atoms. The number of H-pyrrole nitrogens is 1. The topological polar surface area (TPSA) is 187 Å². The number of aromatic nitrogens is 1. The Labute approximate surface area is 238 Å². The SMILES string of the molecule is CCC(C)C(NC(=O)C(N)Cc1c[nH]c2ccccc12)C(=O)NC(Cc1ccccc1)C(=O)NC(C(=O)O)C(C)O. The number of amides is 3. The summed E-state index contributed by atoms with van der Waals surface area (Å²) >= 11 is 0. The predicted octanol–water partition coefficient (Wildman–Crippen LogP) is 1.25. The first kappa shape index (κ1) is 31.3. The second kappa shape index (κ2) is 14.4. The van der Waals surface area contributed by atoms with Gasteiger partial charge in [-0.3, -0.25) is 14.4 Å². The number of aliphatic hydroxyl groups is 1. The highest BCUT2D eigenvalue weighted by Gasteiger charge is 2.33. The number of carbonyl (C=O) groups is 4. The van der Waals surface area contributed by atoms with E-state index < -0.39 is 54.0 Å². The molecule has 0 fully saturated rings. The van der Waals surface area contributed by atoms with E-state index in [-0.39, 0.29) is 18.8 Å². The normalized spacial score (nSPS) is 15.6. The molecule has 0 aliphatic heterocycles. The van der Waals surface area contributed by atoms with Crippen molar-refractivity contribution in [1.29, 1.82) is 0 Å². The summed E-state index contributed by atoms with van der Waals surface area (Å²) in [6.45, 7) is 4.92. The van der Waals surface area contributed by atoms with E-state index in [1.165, 1.54) is 6.92 Å². The highest BCUT2D eigenvalue weighted by molar-refractivity contribution is 5.94. The van der Waals surface area contributed by atoms with Crippen LogP contribution in [0.2, 0.25) is 0 Å². The van der Waals surface area contributed by atoms with Crippen LogP contribution in [0.4, 0.5) is 0 Å². The Morgan fingerprint density at radius 2 is 1.49 bits per heavy atom. The Morgan fingerprint density at radius 1 is 0.854 bits per heavy atom. The number of para-hydroxylation sites is 1. The van der Waals surface area contributed by atoms with E-state index >= 15 is 0 Å². The number of hydrogen-bond donors (Lipinski definition) is 7. The average Bonchev–Trinajstić information content (AvgIpc) is 3.36. The smallest absolute Gasteiger partial charge is 0.328 e. The first-order chi connectivity index (χ1) is 19.5. The van der Waals surface area contributed by atoms with E-state index in [1.807, 2.05) is 31.2 Å². The van der Waals surface area contributed by atoms with Gasteiger partial charge in [0.1, 0.15) is 12.1 Å². The monoisotopic (exact) mass is 565 g/mol. The second-order valence-electron chi connectivity index (χ2n) is 10.4. The number of carboxylic acid groups (broad SMARTS) is 1. The summed E-state index contributed by atoms with van der Waals surface area (Å²) in [5, 5.41) is 28.0. The van der Waals surface area contributed by atoms with Crippen molar-refractivity contribution in [3.8, 4) is 0 Å². The summed E-state index contributed by atoms with van der Waals surface area (Å²) in [6.07, 6.45) is 1.30. The van der Waals surface area contributed by atoms with Gasteiger partial charge >= 0.3 is 5.97 Å². The zero-order valence-corrected chi connectivity index (χ0v) is 23.5. The van der Waals surface area contributed by atoms with E-state index in [0.29, 0.717) is 6.42 Å². The summed E-state index contributed by atoms with van der Waals surface area (Å²) in [5.74, 6) is -3.61. The number of aliphatic carboxylic acids is 1. The van der Waals surface area contributed by atoms with Crippen LogP contribution in [-0.2, 0) is 32.0 Å². The van der Waals surface area contributed by atoms with E-state index in [9.17, 15) is 29.4 Å². The minimum Gasteiger partial charge on any atom is -0.480 e. The molecule has 0 radical (unpaired) electrons. The maximum atomic E-state index is 13.5. The van der Waals surface area contributed by atoms with E-state index in [1.54, 1.807) is 43.5 Å². The zero-order valence-electron chi connectivity index (χ0n) is 23.5. The molecule has 3 aromatic rings. The maximum Gasteiger partial charge on any atom is 0.328 e. The average molecular weight is 566 g/mol. The van der Waals surface area contributed by atoms with Gasteiger partial charge in [0.25, 0.3) is 0 Å². The fourth-order valence-electron chi connectivity index (χ4n) is 4.56. The molecule has 6 atom stereocenters. The molecule has 0 saturated carbocycles. The summed E-state index contributed by atoms with van der Waals surface area (Å²) in [4.78, 5) is 54.6. The molecule has 1 heterocycles. The fourth-order valence-corrected chi connectivity index (χ4v) is 4.56. The Hall–Kier alpha value is -4.22. The number of aromatic amines is 1. The van der Waals surface area contributed by atoms with Gasteiger partial charge in [0.15, 0.2) is 6.04 Å². The largest absolute Gasteiger partial charge is 0.480 e. The van der Waals surface area contributed by atoms with Crippen LogP contribution in [0.3, 0.4) is 0 Å². The molecule has 220 valence electrons. The highest BCUT2D eigenvalue weighted by Crippen LogP contribution is 2.19. The molecular weight excluding hydrogens is 526 g/mol. The lowest BCUT2D eigenvalue weighted by atomic mass is 9.96. The van der Waals surface area contributed by atoms with Gasteiger partial charge in [0.2, 0.25) is 17.7 Å². The minimum atomic E-state index is -1.56. The third-order valence-electron chi connectivity index (χ3n) is 7.21. The quantitative estimate of drug-likeness (QED) is 0.153. The summed E-state index contributed by atoms with van der Waals surface area (Å²) in [5.41, 5.74) is 8.78. The van der Waals surface area contributed by atoms with Crippen molar-refractivity contribution in [2.45, 2.75) is 70.3 Å². The van der Waals surface area contributed by atoms with Gasteiger partial charge in [-0.2, -0.15) is 0 Å². The first-order valence-corrected chi connectivity index (χ1v) is 13.7. The lowest BCUT2D eigenvalue weighted by molar-refractivity contribution is -0.145. The lowest BCUT2D eigenvalue weighted by Gasteiger charge is -2.28. The van der Waals surface area contributed by atoms with E-state index in [0.717, 1.165) is 22.0 Å². The highest BCUT2D eigenvalue weighted by atomic mass is 16.4. The number of nitrogens with one attached hydrogen (secondary N) is 4. The predicted molar refractivity (Wildman–Crippen MR) is 155 cm³/mol. The third-order valence-corrected chi connectivity index (χ3v) is 7.21. The summed E-state index contributed by atoms with van der Waals surface area (Å²) < 4.78 is 0. The molecule has 8 N–H and O–H groups in total. The minimum absolute atomic E-state index is 0.0613. The van der Waals surface area contributed by atoms with Crippen LogP contribution >= 0.6 is 0 Å². The van der Waals surface area contributed by atoms with Gasteiger partial charge in [-0.1, -0.05) is 68.8 Å². The molecular formula is C30H39N5O6. The molecule has 0 aliphatic carbocycles. The third kappa shape index (κ3) is 8.38. The molecule has 0 saturated heterocycles. The van der Waals surface area contributed by atoms with Crippen LogP contribution in [0, 0.1) is 5.92 Å². The van der Waals surface area contributed by atoms with Gasteiger partial charge < -0.3 is 36.9 Å². The number of rotatable bonds is 14. The lowest BCUT2D eigenvalue weighted by Crippen LogP contribution is -2.60. The first-order valence-electron chi connectivity index (χ1n) is 13.7. The summed E-state index contributed by atoms with van der Waals surface area (Å²) in [7, 11) is 0. The number of hydrogen-bond acceptors (Lipinski definition) is 6. The Balaban J connectivity index is 1.77. The van der Waals surface area contributed by atoms with Crippen LogP contribution in [0.15, 0.2) is 60.8 Å². The molecule has 0 spiro atoms. The molecule has 2 aromatic carbocycles. The second-order valence-corrected chi connectivity index (χ2v) is 10.4. The molecule has 3 amide bonds. The molecule has 1 aromatic heterocycles. The van der Waals surface area contributed by atoms with Gasteiger partial charge in [0, 0.05) is 23.5 Å². The van der Waals surface area contributed by atoms with Crippen LogP contribution < -0.4 is 21.7 Å². The van der Waals surface area contributed by atoms with Crippen LogP contribution in [-0.4, -0.2) is 69.2 Å². The number of benzene rings is 2. The Bertz CT molecular complexity index is 1340. The Morgan fingerprint density at radius 3 is 2.12 bits per heavy atom. The van der Waals surface area contributed by atoms with Crippen LogP contribution in [0.1, 0.15) is 38.3 Å². The number of carboxylic acids is 1. The van der Waals surface area contributed by atoms with Gasteiger partial charge in [-0.25, -0.2) is 4.79 Å². The number of fused-ring (bicyclic) bond motifs is 1. The van der Waals surface area contributed by atoms with Gasteiger partial charge in [-0.05, 0) is 36.5 Å². The fraction of sp³-hybridized carbons (Fsp3) is 0.400. The van der Waals surface area contributed by atoms with Crippen molar-refractivity contribution in [2.24, 2.45) is 11.7 Å². The van der Waals surface area contributed by atoms with Crippen molar-refractivity contribution in [1.82, 2.24) is 20.9 Å². The van der Waals surface area contributed by atoms with Crippen LogP contribution in [0.25, 0.3) is 10.9 Å². The van der Waals surface area contributed by atoms with Crippen LogP contribution in [0.5, 0.6) is 0 Å². The molecule has 3 rings (SSSR count). The maximum absolute atomic E-state index is 13.5. The van der Waals surface area contributed by atoms with E-state index in [2.05, 4.69) is 20.9 Å². The molecule has 11 nitrogen and oxygen atoms in total. The summed E-state index contributed by atoms with van der Waals surface area (Å²) in [6, 6.07) is 11.9. The van der Waals surface area contributed by atoms with Gasteiger partial charge in [0.05, 0.1) is 12.1 Å². The number of nitrogens with two attached hydrogens (primary N) is 1. The standard InChI is InChI=1S/C30H39N5O6/c1-4-17(2)25(34-27(37)22(31)15-20-16-32-23-13-9-8-12-21(20)23)29(39)33-24(14-19-10-6-5-7-11-19)28(38)35-26(18(3)36)30(40)41/h5-13,16-18,22,24-26,32,36H,4,14-15,31H2,1-3H3,(H,33,39)(H,34,37)(H,35,38)(H,40,41). The van der Waals surface area contributed by atoms with E-state index in [4.69, 9.17) is 5.73 Å². The van der Waals surface area contributed by atoms with Crippen molar-refractivity contribution in [2.75, 3.05) is 0 Å². The number of aliphatic hydroxyl groups excluding tert-OH is 1. The van der Waals surface area contributed by atoms with Crippen molar-refractivity contribution < 1.29 is 29.4 Å². The zero-order chi connectivity index (χ0) is 30.1. The van der Waals surface area contributed by atoms with Crippen molar-refractivity contribution >= 4 is 34.6 Å². The molecule has 0 aliphatic rings. The Kier molecular flexibility index (Phi) is 11.0. The van der Waals surface area contributed by atoms with Gasteiger partial charge in [-0.15, -0.1) is 0 Å². The number of carbonyl (C=O) groups excluding carboxylic acids is 3. The van der Waals surface area contributed by atoms with Crippen molar-refractivity contribution in [3.05, 3.63) is 71.9 Å².